The van der Waals surface area contributed by atoms with Crippen molar-refractivity contribution in [3.63, 3.8) is 0 Å². The third kappa shape index (κ3) is 1.82. The van der Waals surface area contributed by atoms with E-state index in [2.05, 4.69) is 11.5 Å². The van der Waals surface area contributed by atoms with Crippen LogP contribution >= 0.6 is 0 Å². The highest BCUT2D eigenvalue weighted by Gasteiger charge is 2.28. The molecule has 2 rings (SSSR count). The van der Waals surface area contributed by atoms with Crippen molar-refractivity contribution in [1.82, 2.24) is 9.80 Å². The Bertz CT molecular complexity index is 227. The second-order valence-electron chi connectivity index (χ2n) is 4.15. The van der Waals surface area contributed by atoms with E-state index in [9.17, 15) is 4.79 Å². The van der Waals surface area contributed by atoms with Crippen LogP contribution in [0.3, 0.4) is 0 Å². The van der Waals surface area contributed by atoms with Crippen molar-refractivity contribution in [2.45, 2.75) is 25.3 Å². The largest absolute Gasteiger partial charge is 0.337 e. The lowest BCUT2D eigenvalue weighted by Gasteiger charge is -2.42. The summed E-state index contributed by atoms with van der Waals surface area (Å²) in [5.41, 5.74) is 0. The quantitative estimate of drug-likeness (QED) is 0.609. The van der Waals surface area contributed by atoms with Crippen LogP contribution in [0.4, 0.5) is 0 Å². The number of carbonyl (C=O) groups is 1. The number of rotatable bonds is 2. The van der Waals surface area contributed by atoms with Gasteiger partial charge in [0.25, 0.3) is 0 Å². The molecule has 3 heteroatoms. The number of hydrogen-bond acceptors (Lipinski definition) is 2. The molecule has 0 bridgehead atoms. The van der Waals surface area contributed by atoms with Gasteiger partial charge in [-0.2, -0.15) is 0 Å². The molecule has 2 aliphatic rings. The van der Waals surface area contributed by atoms with E-state index in [1.807, 2.05) is 4.90 Å². The summed E-state index contributed by atoms with van der Waals surface area (Å²) in [6.45, 7) is 7.36. The standard InChI is InChI=1S/C11H18N2O/c1-2-11(14)13-8-6-12(7-9-13)10-4-3-5-10/h2,10H,1,3-9H2. The average Bonchev–Trinajstić information content (AvgIpc) is 2.15. The fraction of sp³-hybridized carbons (Fsp3) is 0.727. The molecule has 0 aromatic rings. The number of nitrogens with zero attached hydrogens (tertiary/aromatic N) is 2. The Kier molecular flexibility index (Phi) is 2.87. The SMILES string of the molecule is C=CC(=O)N1CCN(C2CCC2)CC1. The highest BCUT2D eigenvalue weighted by atomic mass is 16.2. The summed E-state index contributed by atoms with van der Waals surface area (Å²) in [6, 6.07) is 0.816. The normalized spacial score (nSPS) is 24.4. The molecule has 0 radical (unpaired) electrons. The predicted molar refractivity (Wildman–Crippen MR) is 56.0 cm³/mol. The molecule has 78 valence electrons. The minimum atomic E-state index is 0.0817. The fourth-order valence-electron chi connectivity index (χ4n) is 2.19. The summed E-state index contributed by atoms with van der Waals surface area (Å²) in [4.78, 5) is 15.7. The smallest absolute Gasteiger partial charge is 0.246 e. The third-order valence-electron chi connectivity index (χ3n) is 3.39. The van der Waals surface area contributed by atoms with Gasteiger partial charge in [-0.1, -0.05) is 13.0 Å². The molecule has 3 nitrogen and oxygen atoms in total. The van der Waals surface area contributed by atoms with E-state index in [1.165, 1.54) is 25.3 Å². The first kappa shape index (κ1) is 9.71. The summed E-state index contributed by atoms with van der Waals surface area (Å²) < 4.78 is 0. The van der Waals surface area contributed by atoms with E-state index in [0.717, 1.165) is 32.2 Å². The van der Waals surface area contributed by atoms with Crippen molar-refractivity contribution in [3.8, 4) is 0 Å². The Morgan fingerprint density at radius 3 is 2.29 bits per heavy atom. The lowest BCUT2D eigenvalue weighted by atomic mass is 9.91. The number of hydrogen-bond donors (Lipinski definition) is 0. The molecule has 2 fully saturated rings. The lowest BCUT2D eigenvalue weighted by molar-refractivity contribution is -0.128. The Hall–Kier alpha value is -0.830. The van der Waals surface area contributed by atoms with Crippen molar-refractivity contribution in [2.75, 3.05) is 26.2 Å². The van der Waals surface area contributed by atoms with Gasteiger partial charge >= 0.3 is 0 Å². The molecular weight excluding hydrogens is 176 g/mol. The van der Waals surface area contributed by atoms with Gasteiger partial charge in [-0.25, -0.2) is 0 Å². The first-order valence-electron chi connectivity index (χ1n) is 5.46. The topological polar surface area (TPSA) is 23.6 Å². The van der Waals surface area contributed by atoms with Crippen LogP contribution in [0.15, 0.2) is 12.7 Å². The van der Waals surface area contributed by atoms with Gasteiger partial charge in [-0.3, -0.25) is 9.69 Å². The second-order valence-corrected chi connectivity index (χ2v) is 4.15. The molecule has 1 amide bonds. The Morgan fingerprint density at radius 2 is 1.86 bits per heavy atom. The average molecular weight is 194 g/mol. The van der Waals surface area contributed by atoms with E-state index >= 15 is 0 Å². The monoisotopic (exact) mass is 194 g/mol. The van der Waals surface area contributed by atoms with E-state index in [4.69, 9.17) is 0 Å². The summed E-state index contributed by atoms with van der Waals surface area (Å²) in [7, 11) is 0. The maximum atomic E-state index is 11.3. The van der Waals surface area contributed by atoms with Gasteiger partial charge in [0.15, 0.2) is 0 Å². The van der Waals surface area contributed by atoms with Gasteiger partial charge in [0.2, 0.25) is 5.91 Å². The Labute approximate surface area is 85.4 Å². The van der Waals surface area contributed by atoms with Crippen LogP contribution in [-0.4, -0.2) is 47.9 Å². The Morgan fingerprint density at radius 1 is 1.21 bits per heavy atom. The number of carbonyl (C=O) groups excluding carboxylic acids is 1. The fourth-order valence-corrected chi connectivity index (χ4v) is 2.19. The zero-order valence-electron chi connectivity index (χ0n) is 8.61. The maximum absolute atomic E-state index is 11.3. The van der Waals surface area contributed by atoms with Crippen LogP contribution in [0.2, 0.25) is 0 Å². The molecule has 0 N–H and O–H groups in total. The zero-order chi connectivity index (χ0) is 9.97. The zero-order valence-corrected chi connectivity index (χ0v) is 8.61. The Balaban J connectivity index is 1.79. The molecule has 0 aromatic carbocycles. The summed E-state index contributed by atoms with van der Waals surface area (Å²) in [6.07, 6.45) is 5.51. The van der Waals surface area contributed by atoms with Crippen LogP contribution in [-0.2, 0) is 4.79 Å². The van der Waals surface area contributed by atoms with Gasteiger partial charge in [-0.05, 0) is 18.9 Å². The van der Waals surface area contributed by atoms with E-state index in [0.29, 0.717) is 0 Å². The van der Waals surface area contributed by atoms with Crippen LogP contribution in [0.1, 0.15) is 19.3 Å². The van der Waals surface area contributed by atoms with Gasteiger partial charge in [0, 0.05) is 32.2 Å². The van der Waals surface area contributed by atoms with Crippen molar-refractivity contribution in [1.29, 1.82) is 0 Å². The molecule has 1 heterocycles. The van der Waals surface area contributed by atoms with E-state index in [1.54, 1.807) is 0 Å². The highest BCUT2D eigenvalue weighted by Crippen LogP contribution is 2.25. The van der Waals surface area contributed by atoms with E-state index < -0.39 is 0 Å². The van der Waals surface area contributed by atoms with Crippen molar-refractivity contribution < 1.29 is 4.79 Å². The summed E-state index contributed by atoms with van der Waals surface area (Å²) in [5.74, 6) is 0.0817. The van der Waals surface area contributed by atoms with Gasteiger partial charge in [0.1, 0.15) is 0 Å². The van der Waals surface area contributed by atoms with Crippen molar-refractivity contribution in [3.05, 3.63) is 12.7 Å². The van der Waals surface area contributed by atoms with Crippen LogP contribution < -0.4 is 0 Å². The second kappa shape index (κ2) is 4.13. The van der Waals surface area contributed by atoms with Gasteiger partial charge in [-0.15, -0.1) is 0 Å². The molecule has 1 aliphatic carbocycles. The third-order valence-corrected chi connectivity index (χ3v) is 3.39. The lowest BCUT2D eigenvalue weighted by Crippen LogP contribution is -2.53. The van der Waals surface area contributed by atoms with Gasteiger partial charge in [0.05, 0.1) is 0 Å². The maximum Gasteiger partial charge on any atom is 0.246 e. The minimum Gasteiger partial charge on any atom is -0.337 e. The first-order chi connectivity index (χ1) is 6.81. The molecule has 1 aliphatic heterocycles. The molecular formula is C11H18N2O. The van der Waals surface area contributed by atoms with Crippen LogP contribution in [0.25, 0.3) is 0 Å². The van der Waals surface area contributed by atoms with Crippen molar-refractivity contribution in [2.24, 2.45) is 0 Å². The molecule has 0 unspecified atom stereocenters. The molecule has 1 saturated heterocycles. The van der Waals surface area contributed by atoms with Gasteiger partial charge < -0.3 is 4.90 Å². The molecule has 14 heavy (non-hydrogen) atoms. The summed E-state index contributed by atoms with van der Waals surface area (Å²) >= 11 is 0. The highest BCUT2D eigenvalue weighted by molar-refractivity contribution is 5.87. The van der Waals surface area contributed by atoms with E-state index in [-0.39, 0.29) is 5.91 Å². The molecule has 1 saturated carbocycles. The predicted octanol–water partition coefficient (Wildman–Crippen LogP) is 0.869. The molecule has 0 aromatic heterocycles. The molecule has 0 atom stereocenters. The first-order valence-corrected chi connectivity index (χ1v) is 5.46. The number of amides is 1. The van der Waals surface area contributed by atoms with Crippen LogP contribution in [0.5, 0.6) is 0 Å². The number of piperazine rings is 1. The van der Waals surface area contributed by atoms with Crippen molar-refractivity contribution >= 4 is 5.91 Å². The summed E-state index contributed by atoms with van der Waals surface area (Å²) in [5, 5.41) is 0. The molecule has 0 spiro atoms. The van der Waals surface area contributed by atoms with Crippen LogP contribution in [0, 0.1) is 0 Å². The minimum absolute atomic E-state index is 0.0817.